The van der Waals surface area contributed by atoms with Gasteiger partial charge in [-0.15, -0.1) is 0 Å². The van der Waals surface area contributed by atoms with Crippen molar-refractivity contribution in [3.05, 3.63) is 41.5 Å². The molecule has 19 heavy (non-hydrogen) atoms. The molecular formula is C12H15F2NO3S. The molecule has 0 bridgehead atoms. The second-order valence-corrected chi connectivity index (χ2v) is 6.28. The minimum atomic E-state index is -4.17. The van der Waals surface area contributed by atoms with Gasteiger partial charge in [0, 0.05) is 13.6 Å². The first-order chi connectivity index (χ1) is 8.70. The zero-order valence-electron chi connectivity index (χ0n) is 10.7. The van der Waals surface area contributed by atoms with Gasteiger partial charge in [-0.05, 0) is 24.6 Å². The first-order valence-corrected chi connectivity index (χ1v) is 6.83. The van der Waals surface area contributed by atoms with E-state index in [9.17, 15) is 17.2 Å². The minimum absolute atomic E-state index is 0.00720. The molecule has 0 fully saturated rings. The Morgan fingerprint density at radius 2 is 2.00 bits per heavy atom. The summed E-state index contributed by atoms with van der Waals surface area (Å²) < 4.78 is 52.0. The van der Waals surface area contributed by atoms with Crippen molar-refractivity contribution in [2.75, 3.05) is 13.6 Å². The number of nitrogens with zero attached hydrogens (tertiary/aromatic N) is 1. The van der Waals surface area contributed by atoms with Crippen molar-refractivity contribution in [3.63, 3.8) is 0 Å². The van der Waals surface area contributed by atoms with Crippen LogP contribution in [0.25, 0.3) is 0 Å². The van der Waals surface area contributed by atoms with Crippen molar-refractivity contribution in [2.45, 2.75) is 18.4 Å². The highest BCUT2D eigenvalue weighted by Crippen LogP contribution is 2.23. The number of likely N-dealkylation sites (N-methyl/N-ethyl adjacent to an activating group) is 1. The summed E-state index contributed by atoms with van der Waals surface area (Å²) in [5.41, 5.74) is 0.548. The van der Waals surface area contributed by atoms with E-state index in [-0.39, 0.29) is 12.1 Å². The van der Waals surface area contributed by atoms with Crippen LogP contribution in [0.1, 0.15) is 12.5 Å². The van der Waals surface area contributed by atoms with Crippen molar-refractivity contribution >= 4 is 10.0 Å². The lowest BCUT2D eigenvalue weighted by atomic mass is 10.2. The van der Waals surface area contributed by atoms with Gasteiger partial charge < -0.3 is 5.11 Å². The zero-order valence-corrected chi connectivity index (χ0v) is 11.5. The van der Waals surface area contributed by atoms with Gasteiger partial charge in [0.05, 0.1) is 6.61 Å². The van der Waals surface area contributed by atoms with Crippen LogP contribution in [0.2, 0.25) is 0 Å². The molecule has 0 spiro atoms. The maximum absolute atomic E-state index is 13.6. The maximum Gasteiger partial charge on any atom is 0.246 e. The molecule has 1 rings (SSSR count). The van der Waals surface area contributed by atoms with Crippen LogP contribution in [0.3, 0.4) is 0 Å². The lowest BCUT2D eigenvalue weighted by Gasteiger charge is -2.18. The van der Waals surface area contributed by atoms with E-state index in [0.717, 1.165) is 16.4 Å². The van der Waals surface area contributed by atoms with Gasteiger partial charge in [0.2, 0.25) is 10.0 Å². The van der Waals surface area contributed by atoms with Crippen LogP contribution < -0.4 is 0 Å². The lowest BCUT2D eigenvalue weighted by Crippen LogP contribution is -2.29. The molecule has 0 aliphatic carbocycles. The molecule has 0 saturated carbocycles. The highest BCUT2D eigenvalue weighted by Gasteiger charge is 2.27. The van der Waals surface area contributed by atoms with Gasteiger partial charge in [0.25, 0.3) is 0 Å². The zero-order chi connectivity index (χ0) is 14.8. The van der Waals surface area contributed by atoms with Gasteiger partial charge in [-0.25, -0.2) is 17.2 Å². The molecule has 0 aliphatic heterocycles. The number of aliphatic hydroxyl groups is 1. The van der Waals surface area contributed by atoms with E-state index in [1.165, 1.54) is 7.05 Å². The number of rotatable bonds is 5. The molecule has 0 aromatic heterocycles. The van der Waals surface area contributed by atoms with Crippen LogP contribution >= 0.6 is 0 Å². The van der Waals surface area contributed by atoms with Crippen molar-refractivity contribution in [2.24, 2.45) is 0 Å². The molecule has 0 saturated heterocycles. The Kier molecular flexibility index (Phi) is 4.78. The summed E-state index contributed by atoms with van der Waals surface area (Å²) in [6.45, 7) is 4.59. The van der Waals surface area contributed by atoms with Crippen molar-refractivity contribution < 1.29 is 22.3 Å². The molecule has 1 aromatic carbocycles. The number of aliphatic hydroxyl groups excluding tert-OH is 1. The van der Waals surface area contributed by atoms with E-state index in [1.807, 2.05) is 0 Å². The van der Waals surface area contributed by atoms with Gasteiger partial charge >= 0.3 is 0 Å². The summed E-state index contributed by atoms with van der Waals surface area (Å²) in [6, 6.07) is 1.68. The van der Waals surface area contributed by atoms with Gasteiger partial charge in [-0.3, -0.25) is 0 Å². The van der Waals surface area contributed by atoms with Crippen LogP contribution in [0, 0.1) is 11.6 Å². The smallest absolute Gasteiger partial charge is 0.246 e. The fraction of sp³-hybridized carbons (Fsp3) is 0.333. The van der Waals surface area contributed by atoms with Gasteiger partial charge in [0.1, 0.15) is 4.90 Å². The van der Waals surface area contributed by atoms with E-state index >= 15 is 0 Å². The molecule has 0 unspecified atom stereocenters. The Labute approximate surface area is 111 Å². The second kappa shape index (κ2) is 5.77. The molecule has 1 N–H and O–H groups in total. The fourth-order valence-corrected chi connectivity index (χ4v) is 2.88. The average Bonchev–Trinajstić information content (AvgIpc) is 2.31. The highest BCUT2D eigenvalue weighted by atomic mass is 32.2. The molecule has 0 radical (unpaired) electrons. The number of hydrogen-bond donors (Lipinski definition) is 1. The Hall–Kier alpha value is -1.31. The number of hydrogen-bond acceptors (Lipinski definition) is 3. The average molecular weight is 291 g/mol. The van der Waals surface area contributed by atoms with Gasteiger partial charge in [0.15, 0.2) is 11.6 Å². The SMILES string of the molecule is C=C(C)CN(C)S(=O)(=O)c1cc(CO)cc(F)c1F. The van der Waals surface area contributed by atoms with E-state index in [4.69, 9.17) is 5.11 Å². The van der Waals surface area contributed by atoms with E-state index in [2.05, 4.69) is 6.58 Å². The van der Waals surface area contributed by atoms with Gasteiger partial charge in [-0.2, -0.15) is 4.31 Å². The molecule has 0 atom stereocenters. The molecular weight excluding hydrogens is 276 g/mol. The standard InChI is InChI=1S/C12H15F2NO3S/c1-8(2)6-15(3)19(17,18)11-5-9(7-16)4-10(13)12(11)14/h4-5,16H,1,6-7H2,2-3H3. The summed E-state index contributed by atoms with van der Waals surface area (Å²) in [6.07, 6.45) is 0. The van der Waals surface area contributed by atoms with Crippen LogP contribution in [-0.4, -0.2) is 31.4 Å². The van der Waals surface area contributed by atoms with E-state index in [1.54, 1.807) is 6.92 Å². The molecule has 4 nitrogen and oxygen atoms in total. The van der Waals surface area contributed by atoms with Gasteiger partial charge in [-0.1, -0.05) is 12.2 Å². The van der Waals surface area contributed by atoms with Crippen LogP contribution in [0.15, 0.2) is 29.2 Å². The monoisotopic (exact) mass is 291 g/mol. The van der Waals surface area contributed by atoms with Crippen LogP contribution in [0.4, 0.5) is 8.78 Å². The van der Waals surface area contributed by atoms with Crippen LogP contribution in [0.5, 0.6) is 0 Å². The summed E-state index contributed by atoms with van der Waals surface area (Å²) in [5, 5.41) is 8.92. The topological polar surface area (TPSA) is 57.6 Å². The predicted molar refractivity (Wildman–Crippen MR) is 66.9 cm³/mol. The summed E-state index contributed by atoms with van der Waals surface area (Å²) in [7, 11) is -2.93. The van der Waals surface area contributed by atoms with E-state index < -0.39 is 33.2 Å². The third-order valence-corrected chi connectivity index (χ3v) is 4.22. The molecule has 1 aromatic rings. The quantitative estimate of drug-likeness (QED) is 0.839. The second-order valence-electron chi connectivity index (χ2n) is 4.27. The minimum Gasteiger partial charge on any atom is -0.392 e. The predicted octanol–water partition coefficient (Wildman–Crippen LogP) is 1.65. The Bertz CT molecular complexity index is 599. The number of benzene rings is 1. The highest BCUT2D eigenvalue weighted by molar-refractivity contribution is 7.89. The van der Waals surface area contributed by atoms with Crippen molar-refractivity contribution in [1.29, 1.82) is 0 Å². The maximum atomic E-state index is 13.6. The Morgan fingerprint density at radius 1 is 1.42 bits per heavy atom. The van der Waals surface area contributed by atoms with Crippen LogP contribution in [-0.2, 0) is 16.6 Å². The first-order valence-electron chi connectivity index (χ1n) is 5.39. The van der Waals surface area contributed by atoms with Crippen molar-refractivity contribution in [1.82, 2.24) is 4.31 Å². The Balaban J connectivity index is 3.35. The molecule has 0 heterocycles. The summed E-state index contributed by atoms with van der Waals surface area (Å²) >= 11 is 0. The Morgan fingerprint density at radius 3 is 2.47 bits per heavy atom. The molecule has 106 valence electrons. The summed E-state index contributed by atoms with van der Waals surface area (Å²) in [5.74, 6) is -2.76. The number of sulfonamides is 1. The third kappa shape index (κ3) is 3.37. The van der Waals surface area contributed by atoms with Crippen molar-refractivity contribution in [3.8, 4) is 0 Å². The summed E-state index contributed by atoms with van der Waals surface area (Å²) in [4.78, 5) is -0.791. The molecule has 0 aliphatic rings. The number of halogens is 2. The largest absolute Gasteiger partial charge is 0.392 e. The molecule has 7 heteroatoms. The van der Waals surface area contributed by atoms with E-state index in [0.29, 0.717) is 5.57 Å². The fourth-order valence-electron chi connectivity index (χ4n) is 1.53. The third-order valence-electron chi connectivity index (χ3n) is 2.42. The lowest BCUT2D eigenvalue weighted by molar-refractivity contribution is 0.280. The normalized spacial score (nSPS) is 11.9. The molecule has 0 amide bonds. The first kappa shape index (κ1) is 15.7.